The molecule has 0 bridgehead atoms. The van der Waals surface area contributed by atoms with Crippen LogP contribution in [-0.2, 0) is 4.79 Å². The van der Waals surface area contributed by atoms with Gasteiger partial charge in [0.15, 0.2) is 11.9 Å². The van der Waals surface area contributed by atoms with Crippen LogP contribution in [0.3, 0.4) is 0 Å². The molecule has 0 aliphatic rings. The first-order chi connectivity index (χ1) is 9.06. The summed E-state index contributed by atoms with van der Waals surface area (Å²) < 4.78 is 5.54. The Morgan fingerprint density at radius 3 is 1.89 bits per heavy atom. The summed E-state index contributed by atoms with van der Waals surface area (Å²) in [6.45, 7) is 5.37. The molecule has 2 aromatic carbocycles. The minimum atomic E-state index is -0.398. The smallest absolute Gasteiger partial charge is 0.169 e. The zero-order chi connectivity index (χ0) is 13.8. The van der Waals surface area contributed by atoms with E-state index in [1.54, 1.807) is 6.92 Å². The lowest BCUT2D eigenvalue weighted by molar-refractivity contribution is -0.122. The topological polar surface area (TPSA) is 26.3 Å². The number of aryl methyl sites for hydroxylation is 1. The molecule has 98 valence electrons. The monoisotopic (exact) mass is 254 g/mol. The molecule has 2 aromatic rings. The second-order valence-electron chi connectivity index (χ2n) is 4.76. The number of carbonyl (C=O) groups is 1. The van der Waals surface area contributed by atoms with Crippen molar-refractivity contribution in [2.45, 2.75) is 26.9 Å². The van der Waals surface area contributed by atoms with Crippen LogP contribution in [0.4, 0.5) is 0 Å². The van der Waals surface area contributed by atoms with Crippen LogP contribution in [0, 0.1) is 6.92 Å². The predicted molar refractivity (Wildman–Crippen MR) is 77.4 cm³/mol. The molecule has 0 spiro atoms. The number of hydrogen-bond acceptors (Lipinski definition) is 2. The Hall–Kier alpha value is -2.09. The molecule has 0 unspecified atom stereocenters. The van der Waals surface area contributed by atoms with E-state index in [1.165, 1.54) is 18.1 Å². The number of Topliss-reactive ketones (excluding diaryl/α,β-unsaturated/α-hetero) is 1. The Bertz CT molecular complexity index is 553. The fraction of sp³-hybridized carbons (Fsp3) is 0.235. The first-order valence-corrected chi connectivity index (χ1v) is 6.40. The van der Waals surface area contributed by atoms with Gasteiger partial charge in [-0.2, -0.15) is 0 Å². The van der Waals surface area contributed by atoms with Gasteiger partial charge >= 0.3 is 0 Å². The summed E-state index contributed by atoms with van der Waals surface area (Å²) >= 11 is 0. The van der Waals surface area contributed by atoms with Gasteiger partial charge in [0, 0.05) is 0 Å². The van der Waals surface area contributed by atoms with Gasteiger partial charge in [0.25, 0.3) is 0 Å². The standard InChI is InChI=1S/C17H18O2/c1-12-4-6-15(7-5-12)16-8-10-17(11-9-16)19-14(3)13(2)18/h4-11,14H,1-3H3/t14-/m1/s1. The molecule has 0 heterocycles. The van der Waals surface area contributed by atoms with Crippen molar-refractivity contribution in [1.29, 1.82) is 0 Å². The molecule has 0 N–H and O–H groups in total. The quantitative estimate of drug-likeness (QED) is 0.823. The second-order valence-corrected chi connectivity index (χ2v) is 4.76. The van der Waals surface area contributed by atoms with Crippen molar-refractivity contribution in [1.82, 2.24) is 0 Å². The van der Waals surface area contributed by atoms with Gasteiger partial charge in [-0.15, -0.1) is 0 Å². The van der Waals surface area contributed by atoms with Crippen LogP contribution >= 0.6 is 0 Å². The highest BCUT2D eigenvalue weighted by Gasteiger charge is 2.08. The Labute approximate surface area is 114 Å². The summed E-state index contributed by atoms with van der Waals surface area (Å²) in [5.74, 6) is 0.751. The molecule has 19 heavy (non-hydrogen) atoms. The summed E-state index contributed by atoms with van der Waals surface area (Å²) in [7, 11) is 0. The molecule has 0 radical (unpaired) electrons. The van der Waals surface area contributed by atoms with E-state index >= 15 is 0 Å². The van der Waals surface area contributed by atoms with Crippen LogP contribution in [0.5, 0.6) is 5.75 Å². The van der Waals surface area contributed by atoms with Crippen LogP contribution in [0.15, 0.2) is 48.5 Å². The Morgan fingerprint density at radius 2 is 1.42 bits per heavy atom. The third kappa shape index (κ3) is 3.44. The second kappa shape index (κ2) is 5.70. The minimum absolute atomic E-state index is 0.0302. The van der Waals surface area contributed by atoms with E-state index in [2.05, 4.69) is 31.2 Å². The first-order valence-electron chi connectivity index (χ1n) is 6.40. The van der Waals surface area contributed by atoms with Crippen LogP contribution < -0.4 is 4.74 Å². The molecule has 0 saturated carbocycles. The minimum Gasteiger partial charge on any atom is -0.483 e. The third-order valence-corrected chi connectivity index (χ3v) is 3.12. The molecule has 1 atom stereocenters. The molecule has 2 rings (SSSR count). The fourth-order valence-electron chi connectivity index (χ4n) is 1.76. The molecule has 0 aliphatic heterocycles. The van der Waals surface area contributed by atoms with E-state index in [0.29, 0.717) is 0 Å². The average Bonchev–Trinajstić information content (AvgIpc) is 2.40. The fourth-order valence-corrected chi connectivity index (χ4v) is 1.76. The van der Waals surface area contributed by atoms with Gasteiger partial charge in [-0.05, 0) is 44.0 Å². The average molecular weight is 254 g/mol. The van der Waals surface area contributed by atoms with Gasteiger partial charge in [0.05, 0.1) is 0 Å². The van der Waals surface area contributed by atoms with Gasteiger partial charge in [-0.3, -0.25) is 4.79 Å². The molecule has 0 saturated heterocycles. The van der Waals surface area contributed by atoms with Crippen LogP contribution in [0.25, 0.3) is 11.1 Å². The number of benzene rings is 2. The number of carbonyl (C=O) groups excluding carboxylic acids is 1. The summed E-state index contributed by atoms with van der Waals surface area (Å²) in [4.78, 5) is 11.1. The Kier molecular flexibility index (Phi) is 4.00. The van der Waals surface area contributed by atoms with E-state index in [4.69, 9.17) is 4.74 Å². The lowest BCUT2D eigenvalue weighted by Gasteiger charge is -2.12. The van der Waals surface area contributed by atoms with Gasteiger partial charge in [0.2, 0.25) is 0 Å². The van der Waals surface area contributed by atoms with Crippen LogP contribution in [0.2, 0.25) is 0 Å². The van der Waals surface area contributed by atoms with Crippen molar-refractivity contribution >= 4 is 5.78 Å². The Morgan fingerprint density at radius 1 is 0.947 bits per heavy atom. The van der Waals surface area contributed by atoms with E-state index in [1.807, 2.05) is 24.3 Å². The Balaban J connectivity index is 2.14. The first kappa shape index (κ1) is 13.3. The zero-order valence-electron chi connectivity index (χ0n) is 11.5. The summed E-state index contributed by atoms with van der Waals surface area (Å²) in [6, 6.07) is 16.2. The largest absolute Gasteiger partial charge is 0.483 e. The molecular formula is C17H18O2. The van der Waals surface area contributed by atoms with Crippen molar-refractivity contribution in [2.75, 3.05) is 0 Å². The van der Waals surface area contributed by atoms with Gasteiger partial charge in [-0.1, -0.05) is 42.0 Å². The number of hydrogen-bond donors (Lipinski definition) is 0. The molecule has 0 fully saturated rings. The summed E-state index contributed by atoms with van der Waals surface area (Å²) in [5, 5.41) is 0. The maximum Gasteiger partial charge on any atom is 0.169 e. The lowest BCUT2D eigenvalue weighted by Crippen LogP contribution is -2.20. The maximum absolute atomic E-state index is 11.1. The van der Waals surface area contributed by atoms with Crippen LogP contribution in [0.1, 0.15) is 19.4 Å². The summed E-state index contributed by atoms with van der Waals surface area (Å²) in [6.07, 6.45) is -0.398. The predicted octanol–water partition coefficient (Wildman–Crippen LogP) is 4.02. The highest BCUT2D eigenvalue weighted by atomic mass is 16.5. The van der Waals surface area contributed by atoms with Crippen molar-refractivity contribution in [3.05, 3.63) is 54.1 Å². The molecule has 2 nitrogen and oxygen atoms in total. The van der Waals surface area contributed by atoms with Gasteiger partial charge < -0.3 is 4.74 Å². The van der Waals surface area contributed by atoms with Crippen molar-refractivity contribution in [3.63, 3.8) is 0 Å². The van der Waals surface area contributed by atoms with Crippen molar-refractivity contribution in [3.8, 4) is 16.9 Å². The van der Waals surface area contributed by atoms with Crippen molar-refractivity contribution in [2.24, 2.45) is 0 Å². The maximum atomic E-state index is 11.1. The lowest BCUT2D eigenvalue weighted by atomic mass is 10.0. The van der Waals surface area contributed by atoms with Gasteiger partial charge in [-0.25, -0.2) is 0 Å². The molecule has 0 amide bonds. The normalized spacial score (nSPS) is 11.9. The number of ketones is 1. The highest BCUT2D eigenvalue weighted by molar-refractivity contribution is 5.80. The van der Waals surface area contributed by atoms with Crippen molar-refractivity contribution < 1.29 is 9.53 Å². The highest BCUT2D eigenvalue weighted by Crippen LogP contribution is 2.23. The number of rotatable bonds is 4. The third-order valence-electron chi connectivity index (χ3n) is 3.12. The summed E-state index contributed by atoms with van der Waals surface area (Å²) in [5.41, 5.74) is 3.57. The zero-order valence-corrected chi connectivity index (χ0v) is 11.5. The van der Waals surface area contributed by atoms with E-state index in [-0.39, 0.29) is 5.78 Å². The molecule has 2 heteroatoms. The van der Waals surface area contributed by atoms with E-state index in [0.717, 1.165) is 11.3 Å². The molecule has 0 aromatic heterocycles. The number of ether oxygens (including phenoxy) is 1. The molecular weight excluding hydrogens is 236 g/mol. The van der Waals surface area contributed by atoms with E-state index in [9.17, 15) is 4.79 Å². The van der Waals surface area contributed by atoms with E-state index < -0.39 is 6.10 Å². The van der Waals surface area contributed by atoms with Gasteiger partial charge in [0.1, 0.15) is 5.75 Å². The van der Waals surface area contributed by atoms with Crippen LogP contribution in [-0.4, -0.2) is 11.9 Å². The molecule has 0 aliphatic carbocycles. The SMILES string of the molecule is CC(=O)[C@@H](C)Oc1ccc(-c2ccc(C)cc2)cc1.